The monoisotopic (exact) mass is 621 g/mol. The molecule has 0 bridgehead atoms. The number of benzene rings is 5. The molecule has 1 atom stereocenters. The van der Waals surface area contributed by atoms with Crippen LogP contribution in [0.5, 0.6) is 0 Å². The second-order valence-electron chi connectivity index (χ2n) is 13.6. The molecule has 6 aromatic rings. The summed E-state index contributed by atoms with van der Waals surface area (Å²) in [6, 6.07) is 42.2. The summed E-state index contributed by atoms with van der Waals surface area (Å²) in [5.74, 6) is 2.03. The minimum Gasteiger partial charge on any atom is -0.209 e. The third kappa shape index (κ3) is 4.45. The van der Waals surface area contributed by atoms with Gasteiger partial charge in [0.15, 0.2) is 17.5 Å². The average Bonchev–Trinajstić information content (AvgIpc) is 3.60. The van der Waals surface area contributed by atoms with E-state index in [4.69, 9.17) is 15.0 Å². The Kier molecular flexibility index (Phi) is 7.10. The minimum absolute atomic E-state index is 0.0568. The molecule has 5 aromatic carbocycles. The van der Waals surface area contributed by atoms with E-state index in [2.05, 4.69) is 131 Å². The molecule has 0 radical (unpaired) electrons. The zero-order chi connectivity index (χ0) is 33.0. The summed E-state index contributed by atoms with van der Waals surface area (Å²) in [6.07, 6.45) is 7.17. The first kappa shape index (κ1) is 30.0. The lowest BCUT2D eigenvalue weighted by Gasteiger charge is -2.32. The van der Waals surface area contributed by atoms with E-state index < -0.39 is 5.41 Å². The molecule has 48 heavy (non-hydrogen) atoms. The summed E-state index contributed by atoms with van der Waals surface area (Å²) < 4.78 is 0. The first-order valence-electron chi connectivity index (χ1n) is 17.0. The van der Waals surface area contributed by atoms with Crippen molar-refractivity contribution in [3.05, 3.63) is 167 Å². The summed E-state index contributed by atoms with van der Waals surface area (Å²) in [5, 5.41) is 0. The number of hydrogen-bond donors (Lipinski definition) is 0. The Morgan fingerprint density at radius 1 is 0.625 bits per heavy atom. The van der Waals surface area contributed by atoms with Gasteiger partial charge in [0.1, 0.15) is 0 Å². The van der Waals surface area contributed by atoms with E-state index in [-0.39, 0.29) is 5.41 Å². The first-order valence-corrected chi connectivity index (χ1v) is 17.0. The highest BCUT2D eigenvalue weighted by Crippen LogP contribution is 2.63. The molecule has 2 aliphatic rings. The van der Waals surface area contributed by atoms with Crippen molar-refractivity contribution in [2.24, 2.45) is 0 Å². The normalized spacial score (nSPS) is 16.2. The standard InChI is InChI=1S/C45H39N3/c1-6-8-16-29(3)41-46-42(30-17-10-9-11-18-30)48-43(47-41)31-23-25-35-33-19-12-14-21-37(33)45(39(35)27-31)38-22-15-13-20-34(38)36-26-24-32(28-40(36)45)44(4,5)7-2/h6,8-28H,7H2,1-5H3/b8-6-,29-16+. The van der Waals surface area contributed by atoms with Crippen LogP contribution in [-0.4, -0.2) is 15.0 Å². The maximum absolute atomic E-state index is 5.10. The Morgan fingerprint density at radius 2 is 1.19 bits per heavy atom. The zero-order valence-corrected chi connectivity index (χ0v) is 28.3. The Morgan fingerprint density at radius 3 is 1.83 bits per heavy atom. The Hall–Kier alpha value is -5.41. The molecular weight excluding hydrogens is 583 g/mol. The van der Waals surface area contributed by atoms with E-state index in [1.165, 1.54) is 50.1 Å². The molecule has 234 valence electrons. The SMILES string of the molecule is C/C=C\C=C(/C)c1nc(-c2ccccc2)nc(-c2ccc3c(c2)C2(c4ccccc4-3)c3ccccc3-c3ccc(C(C)(C)CC)cc32)n1. The lowest BCUT2D eigenvalue weighted by Crippen LogP contribution is -2.27. The molecule has 8 rings (SSSR count). The zero-order valence-electron chi connectivity index (χ0n) is 28.3. The number of nitrogens with zero attached hydrogens (tertiary/aromatic N) is 3. The van der Waals surface area contributed by atoms with Crippen molar-refractivity contribution in [3.63, 3.8) is 0 Å². The molecule has 0 saturated heterocycles. The summed E-state index contributed by atoms with van der Waals surface area (Å²) in [4.78, 5) is 15.1. The molecule has 0 aliphatic heterocycles. The van der Waals surface area contributed by atoms with Crippen LogP contribution in [-0.2, 0) is 10.8 Å². The first-order chi connectivity index (χ1) is 23.4. The van der Waals surface area contributed by atoms with Crippen LogP contribution in [0.3, 0.4) is 0 Å². The van der Waals surface area contributed by atoms with Crippen LogP contribution in [0.25, 0.3) is 50.6 Å². The average molecular weight is 622 g/mol. The van der Waals surface area contributed by atoms with Gasteiger partial charge in [0.2, 0.25) is 0 Å². The van der Waals surface area contributed by atoms with Crippen molar-refractivity contribution in [2.45, 2.75) is 51.9 Å². The van der Waals surface area contributed by atoms with Crippen molar-refractivity contribution in [3.8, 4) is 45.0 Å². The predicted molar refractivity (Wildman–Crippen MR) is 199 cm³/mol. The third-order valence-electron chi connectivity index (χ3n) is 10.6. The van der Waals surface area contributed by atoms with Gasteiger partial charge in [-0.15, -0.1) is 0 Å². The second-order valence-corrected chi connectivity index (χ2v) is 13.6. The van der Waals surface area contributed by atoms with Gasteiger partial charge in [-0.2, -0.15) is 0 Å². The van der Waals surface area contributed by atoms with Gasteiger partial charge in [0.05, 0.1) is 5.41 Å². The van der Waals surface area contributed by atoms with E-state index in [9.17, 15) is 0 Å². The molecule has 1 unspecified atom stereocenters. The van der Waals surface area contributed by atoms with Gasteiger partial charge in [0.25, 0.3) is 0 Å². The minimum atomic E-state index is -0.451. The van der Waals surface area contributed by atoms with Gasteiger partial charge in [-0.25, -0.2) is 15.0 Å². The molecule has 0 fully saturated rings. The third-order valence-corrected chi connectivity index (χ3v) is 10.6. The van der Waals surface area contributed by atoms with Gasteiger partial charge >= 0.3 is 0 Å². The van der Waals surface area contributed by atoms with Crippen LogP contribution in [0.2, 0.25) is 0 Å². The van der Waals surface area contributed by atoms with Crippen molar-refractivity contribution in [1.29, 1.82) is 0 Å². The second kappa shape index (κ2) is 11.4. The van der Waals surface area contributed by atoms with Crippen LogP contribution in [0.1, 0.15) is 74.7 Å². The summed E-state index contributed by atoms with van der Waals surface area (Å²) in [6.45, 7) is 11.1. The van der Waals surface area contributed by atoms with Gasteiger partial charge < -0.3 is 0 Å². The summed E-state index contributed by atoms with van der Waals surface area (Å²) in [5.41, 5.74) is 14.4. The van der Waals surface area contributed by atoms with Gasteiger partial charge in [-0.05, 0) is 87.4 Å². The van der Waals surface area contributed by atoms with E-state index in [1.807, 2.05) is 37.3 Å². The van der Waals surface area contributed by atoms with Crippen LogP contribution >= 0.6 is 0 Å². The van der Waals surface area contributed by atoms with Crippen LogP contribution in [0.15, 0.2) is 133 Å². The van der Waals surface area contributed by atoms with Crippen LogP contribution < -0.4 is 0 Å². The van der Waals surface area contributed by atoms with Crippen LogP contribution in [0.4, 0.5) is 0 Å². The van der Waals surface area contributed by atoms with Gasteiger partial charge in [-0.3, -0.25) is 0 Å². The maximum atomic E-state index is 5.10. The van der Waals surface area contributed by atoms with Crippen LogP contribution in [0, 0.1) is 0 Å². The van der Waals surface area contributed by atoms with E-state index in [0.717, 1.165) is 23.1 Å². The van der Waals surface area contributed by atoms with Gasteiger partial charge in [0, 0.05) is 11.1 Å². The van der Waals surface area contributed by atoms with E-state index in [1.54, 1.807) is 0 Å². The molecule has 2 aliphatic carbocycles. The fourth-order valence-electron chi connectivity index (χ4n) is 7.62. The number of fused-ring (bicyclic) bond motifs is 10. The fraction of sp³-hybridized carbons (Fsp3) is 0.178. The number of allylic oxidation sites excluding steroid dienone is 4. The highest BCUT2D eigenvalue weighted by molar-refractivity contribution is 5.96. The molecule has 3 heteroatoms. The fourth-order valence-corrected chi connectivity index (χ4v) is 7.62. The van der Waals surface area contributed by atoms with E-state index >= 15 is 0 Å². The van der Waals surface area contributed by atoms with Crippen molar-refractivity contribution >= 4 is 5.57 Å². The molecule has 0 N–H and O–H groups in total. The molecule has 0 amide bonds. The molecular formula is C45H39N3. The Labute approximate surface area is 283 Å². The van der Waals surface area contributed by atoms with Crippen molar-refractivity contribution in [2.75, 3.05) is 0 Å². The molecule has 1 spiro atoms. The highest BCUT2D eigenvalue weighted by Gasteiger charge is 2.52. The van der Waals surface area contributed by atoms with E-state index in [0.29, 0.717) is 17.5 Å². The molecule has 0 saturated carbocycles. The highest BCUT2D eigenvalue weighted by atomic mass is 15.0. The number of hydrogen-bond acceptors (Lipinski definition) is 3. The summed E-state index contributed by atoms with van der Waals surface area (Å²) >= 11 is 0. The topological polar surface area (TPSA) is 38.7 Å². The smallest absolute Gasteiger partial charge is 0.164 e. The van der Waals surface area contributed by atoms with Gasteiger partial charge in [-0.1, -0.05) is 148 Å². The predicted octanol–water partition coefficient (Wildman–Crippen LogP) is 11.2. The van der Waals surface area contributed by atoms with Crippen molar-refractivity contribution in [1.82, 2.24) is 15.0 Å². The molecule has 1 heterocycles. The largest absolute Gasteiger partial charge is 0.209 e. The Balaban J connectivity index is 1.42. The van der Waals surface area contributed by atoms with Crippen molar-refractivity contribution < 1.29 is 0 Å². The summed E-state index contributed by atoms with van der Waals surface area (Å²) in [7, 11) is 0. The maximum Gasteiger partial charge on any atom is 0.164 e. The quantitative estimate of drug-likeness (QED) is 0.173. The molecule has 3 nitrogen and oxygen atoms in total. The lowest BCUT2D eigenvalue weighted by molar-refractivity contribution is 0.505. The lowest BCUT2D eigenvalue weighted by atomic mass is 9.69. The number of rotatable bonds is 6. The number of aromatic nitrogens is 3. The molecule has 1 aromatic heterocycles. The Bertz CT molecular complexity index is 2260.